The minimum atomic E-state index is -0.402. The van der Waals surface area contributed by atoms with E-state index >= 15 is 0 Å². The molecule has 0 unspecified atom stereocenters. The molecule has 30 heavy (non-hydrogen) atoms. The normalized spacial score (nSPS) is 11.9. The number of H-pyrrole nitrogens is 1. The molecule has 0 aliphatic heterocycles. The van der Waals surface area contributed by atoms with Crippen molar-refractivity contribution in [1.29, 1.82) is 0 Å². The molecule has 1 N–H and O–H groups in total. The monoisotopic (exact) mass is 402 g/mol. The lowest BCUT2D eigenvalue weighted by molar-refractivity contribution is -0.481. The summed E-state index contributed by atoms with van der Waals surface area (Å²) in [5.74, 6) is 0.828. The van der Waals surface area contributed by atoms with Crippen molar-refractivity contribution in [2.24, 2.45) is 0 Å². The molecule has 1 heterocycles. The van der Waals surface area contributed by atoms with Gasteiger partial charge in [-0.3, -0.25) is 10.1 Å². The second-order valence-corrected chi connectivity index (χ2v) is 7.01. The van der Waals surface area contributed by atoms with E-state index in [-0.39, 0.29) is 11.5 Å². The van der Waals surface area contributed by atoms with Gasteiger partial charge < -0.3 is 14.5 Å². The Hall–Kier alpha value is -3.80. The molecule has 0 saturated heterocycles. The highest BCUT2D eigenvalue weighted by atomic mass is 16.6. The molecule has 0 aliphatic rings. The molecule has 0 spiro atoms. The van der Waals surface area contributed by atoms with Crippen molar-refractivity contribution in [3.63, 3.8) is 0 Å². The zero-order valence-corrected chi connectivity index (χ0v) is 16.8. The van der Waals surface area contributed by atoms with Gasteiger partial charge in [0.05, 0.1) is 25.8 Å². The fourth-order valence-corrected chi connectivity index (χ4v) is 3.94. The number of methoxy groups -OCH3 is 2. The molecule has 152 valence electrons. The van der Waals surface area contributed by atoms with Crippen LogP contribution in [0, 0.1) is 10.1 Å². The van der Waals surface area contributed by atoms with E-state index in [1.807, 2.05) is 72.8 Å². The maximum Gasteiger partial charge on any atom is 0.214 e. The van der Waals surface area contributed by atoms with E-state index in [1.165, 1.54) is 0 Å². The lowest BCUT2D eigenvalue weighted by Gasteiger charge is -2.16. The minimum absolute atomic E-state index is 0.202. The summed E-state index contributed by atoms with van der Waals surface area (Å²) in [5, 5.41) is 12.6. The van der Waals surface area contributed by atoms with Crippen LogP contribution >= 0.6 is 0 Å². The van der Waals surface area contributed by atoms with Gasteiger partial charge in [-0.2, -0.15) is 0 Å². The predicted octanol–water partition coefficient (Wildman–Crippen LogP) is 5.26. The SMILES string of the molecule is COc1ccc(-c2[nH]c3ccccc3c2[C@@H](C[N+](=O)[O-])c2ccccc2)cc1OC. The van der Waals surface area contributed by atoms with Gasteiger partial charge in [-0.15, -0.1) is 0 Å². The Morgan fingerprint density at radius 1 is 0.933 bits per heavy atom. The number of nitrogens with one attached hydrogen (secondary N) is 1. The van der Waals surface area contributed by atoms with Crippen LogP contribution in [0.25, 0.3) is 22.2 Å². The molecule has 6 nitrogen and oxygen atoms in total. The molecule has 4 aromatic rings. The summed E-state index contributed by atoms with van der Waals surface area (Å²) in [6.45, 7) is -0.202. The molecular weight excluding hydrogens is 380 g/mol. The van der Waals surface area contributed by atoms with Gasteiger partial charge in [0.1, 0.15) is 0 Å². The molecule has 3 aromatic carbocycles. The van der Waals surface area contributed by atoms with E-state index in [2.05, 4.69) is 4.98 Å². The highest BCUT2D eigenvalue weighted by Gasteiger charge is 2.27. The number of benzene rings is 3. The first-order valence-corrected chi connectivity index (χ1v) is 9.62. The summed E-state index contributed by atoms with van der Waals surface area (Å²) in [6.07, 6.45) is 0. The number of ether oxygens (including phenoxy) is 2. The zero-order valence-electron chi connectivity index (χ0n) is 16.8. The summed E-state index contributed by atoms with van der Waals surface area (Å²) in [5.41, 5.74) is 4.46. The first-order chi connectivity index (χ1) is 14.6. The van der Waals surface area contributed by atoms with Crippen molar-refractivity contribution in [2.45, 2.75) is 5.92 Å². The van der Waals surface area contributed by atoms with Gasteiger partial charge in [-0.1, -0.05) is 48.5 Å². The van der Waals surface area contributed by atoms with Crippen LogP contribution in [0.4, 0.5) is 0 Å². The van der Waals surface area contributed by atoms with Gasteiger partial charge in [0.25, 0.3) is 0 Å². The van der Waals surface area contributed by atoms with Crippen LogP contribution in [0.15, 0.2) is 72.8 Å². The van der Waals surface area contributed by atoms with Gasteiger partial charge in [0.15, 0.2) is 11.5 Å². The van der Waals surface area contributed by atoms with Crippen LogP contribution in [-0.2, 0) is 0 Å². The number of aromatic nitrogens is 1. The van der Waals surface area contributed by atoms with Crippen LogP contribution in [0.2, 0.25) is 0 Å². The zero-order chi connectivity index (χ0) is 21.1. The molecule has 1 atom stereocenters. The van der Waals surface area contributed by atoms with Gasteiger partial charge in [0.2, 0.25) is 6.54 Å². The van der Waals surface area contributed by atoms with Crippen molar-refractivity contribution in [1.82, 2.24) is 4.98 Å². The highest BCUT2D eigenvalue weighted by molar-refractivity contribution is 5.92. The maximum absolute atomic E-state index is 11.6. The molecular formula is C24H22N2O4. The average Bonchev–Trinajstić information content (AvgIpc) is 3.16. The first-order valence-electron chi connectivity index (χ1n) is 9.62. The number of fused-ring (bicyclic) bond motifs is 1. The lowest BCUT2D eigenvalue weighted by atomic mass is 9.87. The van der Waals surface area contributed by atoms with E-state index in [4.69, 9.17) is 9.47 Å². The summed E-state index contributed by atoms with van der Waals surface area (Å²) >= 11 is 0. The Kier molecular flexibility index (Phi) is 5.39. The summed E-state index contributed by atoms with van der Waals surface area (Å²) < 4.78 is 10.8. The van der Waals surface area contributed by atoms with Crippen molar-refractivity contribution in [3.05, 3.63) is 94.0 Å². The number of hydrogen-bond acceptors (Lipinski definition) is 4. The van der Waals surface area contributed by atoms with Crippen molar-refractivity contribution in [2.75, 3.05) is 20.8 Å². The van der Waals surface area contributed by atoms with E-state index in [0.29, 0.717) is 11.5 Å². The summed E-state index contributed by atoms with van der Waals surface area (Å²) in [6, 6.07) is 23.2. The van der Waals surface area contributed by atoms with Crippen molar-refractivity contribution < 1.29 is 14.4 Å². The van der Waals surface area contributed by atoms with Crippen LogP contribution in [0.1, 0.15) is 17.0 Å². The highest BCUT2D eigenvalue weighted by Crippen LogP contribution is 2.41. The molecule has 0 fully saturated rings. The number of aromatic amines is 1. The van der Waals surface area contributed by atoms with Gasteiger partial charge in [-0.25, -0.2) is 0 Å². The van der Waals surface area contributed by atoms with E-state index in [1.54, 1.807) is 14.2 Å². The Bertz CT molecular complexity index is 1180. The number of nitrogens with zero attached hydrogens (tertiary/aromatic N) is 1. The van der Waals surface area contributed by atoms with E-state index < -0.39 is 5.92 Å². The van der Waals surface area contributed by atoms with Crippen LogP contribution in [0.3, 0.4) is 0 Å². The van der Waals surface area contributed by atoms with Gasteiger partial charge in [-0.05, 0) is 35.4 Å². The molecule has 6 heteroatoms. The Morgan fingerprint density at radius 2 is 1.63 bits per heavy atom. The first kappa shape index (κ1) is 19.5. The third-order valence-electron chi connectivity index (χ3n) is 5.30. The smallest absolute Gasteiger partial charge is 0.214 e. The standard InChI is InChI=1S/C24H22N2O4/c1-29-21-13-12-17(14-22(21)30-2)24-23(18-10-6-7-11-20(18)25-24)19(15-26(27)28)16-8-4-3-5-9-16/h3-14,19,25H,15H2,1-2H3/t19-/m0/s1. The van der Waals surface area contributed by atoms with Gasteiger partial charge in [0, 0.05) is 21.4 Å². The average molecular weight is 402 g/mol. The minimum Gasteiger partial charge on any atom is -0.493 e. The second kappa shape index (κ2) is 8.29. The Balaban J connectivity index is 1.98. The molecule has 0 saturated carbocycles. The van der Waals surface area contributed by atoms with Crippen LogP contribution in [-0.4, -0.2) is 30.7 Å². The molecule has 0 radical (unpaired) electrons. The lowest BCUT2D eigenvalue weighted by Crippen LogP contribution is -2.14. The van der Waals surface area contributed by atoms with E-state index in [0.717, 1.165) is 33.3 Å². The molecule has 4 rings (SSSR count). The van der Waals surface area contributed by atoms with Gasteiger partial charge >= 0.3 is 0 Å². The Labute approximate surface area is 174 Å². The third kappa shape index (κ3) is 3.59. The predicted molar refractivity (Wildman–Crippen MR) is 117 cm³/mol. The summed E-state index contributed by atoms with van der Waals surface area (Å²) in [7, 11) is 3.18. The third-order valence-corrected chi connectivity index (χ3v) is 5.30. The molecule has 0 aliphatic carbocycles. The van der Waals surface area contributed by atoms with Crippen LogP contribution < -0.4 is 9.47 Å². The van der Waals surface area contributed by atoms with Crippen molar-refractivity contribution >= 4 is 10.9 Å². The fourth-order valence-electron chi connectivity index (χ4n) is 3.94. The largest absolute Gasteiger partial charge is 0.493 e. The Morgan fingerprint density at radius 3 is 2.33 bits per heavy atom. The van der Waals surface area contributed by atoms with Crippen molar-refractivity contribution in [3.8, 4) is 22.8 Å². The topological polar surface area (TPSA) is 77.4 Å². The number of rotatable bonds is 7. The quantitative estimate of drug-likeness (QED) is 0.338. The van der Waals surface area contributed by atoms with Crippen LogP contribution in [0.5, 0.6) is 11.5 Å². The molecule has 1 aromatic heterocycles. The van der Waals surface area contributed by atoms with E-state index in [9.17, 15) is 10.1 Å². The second-order valence-electron chi connectivity index (χ2n) is 7.01. The number of para-hydroxylation sites is 1. The number of nitro groups is 1. The maximum atomic E-state index is 11.6. The number of hydrogen-bond donors (Lipinski definition) is 1. The summed E-state index contributed by atoms with van der Waals surface area (Å²) in [4.78, 5) is 14.8. The fraction of sp³-hybridized carbons (Fsp3) is 0.167. The molecule has 0 bridgehead atoms. The molecule has 0 amide bonds.